The van der Waals surface area contributed by atoms with Crippen LogP contribution in [0, 0.1) is 5.82 Å². The summed E-state index contributed by atoms with van der Waals surface area (Å²) in [5.74, 6) is -1.13. The number of benzene rings is 1. The second kappa shape index (κ2) is 4.98. The molecule has 20 heavy (non-hydrogen) atoms. The Morgan fingerprint density at radius 1 is 1.35 bits per heavy atom. The zero-order chi connectivity index (χ0) is 15.1. The third-order valence-electron chi connectivity index (χ3n) is 3.20. The molecule has 1 N–H and O–H groups in total. The van der Waals surface area contributed by atoms with Gasteiger partial charge >= 0.3 is 0 Å². The van der Waals surface area contributed by atoms with Gasteiger partial charge in [-0.2, -0.15) is 4.31 Å². The van der Waals surface area contributed by atoms with Crippen molar-refractivity contribution in [2.75, 3.05) is 13.1 Å². The number of carbonyl (C=O) groups is 1. The first-order valence-electron chi connectivity index (χ1n) is 5.93. The second-order valence-electron chi connectivity index (χ2n) is 5.00. The van der Waals surface area contributed by atoms with Gasteiger partial charge in [0, 0.05) is 18.1 Å². The molecule has 0 radical (unpaired) electrons. The molecule has 0 bridgehead atoms. The average molecular weight is 321 g/mol. The van der Waals surface area contributed by atoms with E-state index in [1.165, 1.54) is 19.9 Å². The maximum atomic E-state index is 13.3. The van der Waals surface area contributed by atoms with Gasteiger partial charge < -0.3 is 5.32 Å². The first-order valence-corrected chi connectivity index (χ1v) is 7.75. The molecular weight excluding hydrogens is 307 g/mol. The van der Waals surface area contributed by atoms with E-state index in [4.69, 9.17) is 11.6 Å². The van der Waals surface area contributed by atoms with E-state index < -0.39 is 27.3 Å². The maximum Gasteiger partial charge on any atom is 0.244 e. The number of sulfonamides is 1. The van der Waals surface area contributed by atoms with Gasteiger partial charge in [-0.1, -0.05) is 11.6 Å². The molecule has 0 saturated carbocycles. The number of nitrogens with zero attached hydrogens (tertiary/aromatic N) is 1. The Hall–Kier alpha value is -1.18. The molecule has 1 saturated heterocycles. The molecule has 0 atom stereocenters. The summed E-state index contributed by atoms with van der Waals surface area (Å²) in [4.78, 5) is 11.6. The first kappa shape index (κ1) is 15.2. The fourth-order valence-corrected chi connectivity index (χ4v) is 4.20. The van der Waals surface area contributed by atoms with Crippen LogP contribution in [0.25, 0.3) is 0 Å². The highest BCUT2D eigenvalue weighted by Gasteiger charge is 2.45. The van der Waals surface area contributed by atoms with E-state index >= 15 is 0 Å². The Morgan fingerprint density at radius 3 is 2.60 bits per heavy atom. The van der Waals surface area contributed by atoms with E-state index in [0.717, 1.165) is 16.4 Å². The standard InChI is InChI=1S/C12H14ClFN2O3S/c1-12(2)11(17)15-3-4-16(12)20(18,19)10-6-8(13)5-9(14)7-10/h5-7H,3-4H2,1-2H3,(H,15,17). The number of hydrogen-bond donors (Lipinski definition) is 1. The van der Waals surface area contributed by atoms with Crippen LogP contribution >= 0.6 is 11.6 Å². The van der Waals surface area contributed by atoms with Gasteiger partial charge in [0.1, 0.15) is 11.4 Å². The quantitative estimate of drug-likeness (QED) is 0.895. The lowest BCUT2D eigenvalue weighted by Gasteiger charge is -2.39. The van der Waals surface area contributed by atoms with Crippen molar-refractivity contribution in [3.8, 4) is 0 Å². The summed E-state index contributed by atoms with van der Waals surface area (Å²) in [6.07, 6.45) is 0. The smallest absolute Gasteiger partial charge is 0.244 e. The molecule has 0 unspecified atom stereocenters. The Morgan fingerprint density at radius 2 is 2.00 bits per heavy atom. The maximum absolute atomic E-state index is 13.3. The average Bonchev–Trinajstić information content (AvgIpc) is 2.31. The molecule has 1 aromatic rings. The lowest BCUT2D eigenvalue weighted by Crippen LogP contribution is -2.63. The van der Waals surface area contributed by atoms with Crippen molar-refractivity contribution in [3.05, 3.63) is 29.0 Å². The summed E-state index contributed by atoms with van der Waals surface area (Å²) in [5.41, 5.74) is -1.24. The Labute approximate surface area is 121 Å². The highest BCUT2D eigenvalue weighted by molar-refractivity contribution is 7.89. The molecule has 1 aromatic carbocycles. The van der Waals surface area contributed by atoms with Crippen molar-refractivity contribution < 1.29 is 17.6 Å². The van der Waals surface area contributed by atoms with Crippen LogP contribution in [0.5, 0.6) is 0 Å². The van der Waals surface area contributed by atoms with Crippen LogP contribution in [0.4, 0.5) is 4.39 Å². The van der Waals surface area contributed by atoms with Gasteiger partial charge in [-0.05, 0) is 32.0 Å². The minimum atomic E-state index is -4.00. The molecule has 8 heteroatoms. The van der Waals surface area contributed by atoms with Crippen LogP contribution in [0.3, 0.4) is 0 Å². The lowest BCUT2D eigenvalue weighted by atomic mass is 10.0. The van der Waals surface area contributed by atoms with Gasteiger partial charge in [0.15, 0.2) is 0 Å². The monoisotopic (exact) mass is 320 g/mol. The molecule has 1 aliphatic rings. The molecule has 0 aliphatic carbocycles. The summed E-state index contributed by atoms with van der Waals surface area (Å²) < 4.78 is 39.6. The minimum absolute atomic E-state index is 0.0113. The van der Waals surface area contributed by atoms with Gasteiger partial charge in [0.2, 0.25) is 15.9 Å². The van der Waals surface area contributed by atoms with E-state index in [1.807, 2.05) is 0 Å². The molecule has 5 nitrogen and oxygen atoms in total. The van der Waals surface area contributed by atoms with Gasteiger partial charge in [0.25, 0.3) is 0 Å². The summed E-state index contributed by atoms with van der Waals surface area (Å²) in [7, 11) is -4.00. The second-order valence-corrected chi connectivity index (χ2v) is 7.30. The van der Waals surface area contributed by atoms with Crippen LogP contribution in [0.2, 0.25) is 5.02 Å². The van der Waals surface area contributed by atoms with Gasteiger partial charge in [0.05, 0.1) is 4.90 Å². The summed E-state index contributed by atoms with van der Waals surface area (Å²) in [5, 5.41) is 2.59. The molecule has 1 amide bonds. The molecule has 1 aliphatic heterocycles. The fourth-order valence-electron chi connectivity index (χ4n) is 2.11. The Kier molecular flexibility index (Phi) is 3.79. The third-order valence-corrected chi connectivity index (χ3v) is 5.47. The lowest BCUT2D eigenvalue weighted by molar-refractivity contribution is -0.131. The van der Waals surface area contributed by atoms with E-state index in [0.29, 0.717) is 0 Å². The van der Waals surface area contributed by atoms with Gasteiger partial charge in [-0.3, -0.25) is 4.79 Å². The Balaban J connectivity index is 2.51. The highest BCUT2D eigenvalue weighted by Crippen LogP contribution is 2.28. The van der Waals surface area contributed by atoms with Crippen molar-refractivity contribution in [3.63, 3.8) is 0 Å². The van der Waals surface area contributed by atoms with Gasteiger partial charge in [-0.25, -0.2) is 12.8 Å². The van der Waals surface area contributed by atoms with Crippen molar-refractivity contribution >= 4 is 27.5 Å². The predicted octanol–water partition coefficient (Wildman–Crippen LogP) is 1.38. The van der Waals surface area contributed by atoms with Crippen molar-refractivity contribution in [2.24, 2.45) is 0 Å². The summed E-state index contributed by atoms with van der Waals surface area (Å²) in [6.45, 7) is 3.33. The van der Waals surface area contributed by atoms with Crippen molar-refractivity contribution in [2.45, 2.75) is 24.3 Å². The zero-order valence-corrected chi connectivity index (χ0v) is 12.6. The van der Waals surface area contributed by atoms with E-state index in [2.05, 4.69) is 5.32 Å². The van der Waals surface area contributed by atoms with Crippen molar-refractivity contribution in [1.82, 2.24) is 9.62 Å². The summed E-state index contributed by atoms with van der Waals surface area (Å²) >= 11 is 5.69. The van der Waals surface area contributed by atoms with Crippen LogP contribution in [-0.2, 0) is 14.8 Å². The molecule has 1 heterocycles. The Bertz CT molecular complexity index is 640. The van der Waals surface area contributed by atoms with Crippen molar-refractivity contribution in [1.29, 1.82) is 0 Å². The number of amides is 1. The molecule has 2 rings (SSSR count). The number of hydrogen-bond acceptors (Lipinski definition) is 3. The van der Waals surface area contributed by atoms with E-state index in [9.17, 15) is 17.6 Å². The topological polar surface area (TPSA) is 66.5 Å². The molecule has 0 spiro atoms. The van der Waals surface area contributed by atoms with Crippen LogP contribution in [0.1, 0.15) is 13.8 Å². The molecule has 1 fully saturated rings. The third kappa shape index (κ3) is 2.53. The van der Waals surface area contributed by atoms with Gasteiger partial charge in [-0.15, -0.1) is 0 Å². The van der Waals surface area contributed by atoms with Crippen LogP contribution < -0.4 is 5.32 Å². The van der Waals surface area contributed by atoms with E-state index in [-0.39, 0.29) is 23.0 Å². The SMILES string of the molecule is CC1(C)C(=O)NCCN1S(=O)(=O)c1cc(F)cc(Cl)c1. The number of piperazine rings is 1. The van der Waals surface area contributed by atoms with Crippen LogP contribution in [0.15, 0.2) is 23.1 Å². The zero-order valence-electron chi connectivity index (χ0n) is 11.0. The predicted molar refractivity (Wildman–Crippen MR) is 72.4 cm³/mol. The number of carbonyl (C=O) groups excluding carboxylic acids is 1. The number of nitrogens with one attached hydrogen (secondary N) is 1. The minimum Gasteiger partial charge on any atom is -0.353 e. The van der Waals surface area contributed by atoms with Crippen LogP contribution in [-0.4, -0.2) is 37.3 Å². The first-order chi connectivity index (χ1) is 9.15. The molecule has 110 valence electrons. The fraction of sp³-hybridized carbons (Fsp3) is 0.417. The van der Waals surface area contributed by atoms with E-state index in [1.54, 1.807) is 0 Å². The normalized spacial score (nSPS) is 19.7. The molecule has 0 aromatic heterocycles. The summed E-state index contributed by atoms with van der Waals surface area (Å²) in [6, 6.07) is 3.08. The largest absolute Gasteiger partial charge is 0.353 e. The number of halogens is 2. The molecular formula is C12H14ClFN2O3S. The number of rotatable bonds is 2. The highest BCUT2D eigenvalue weighted by atomic mass is 35.5.